The Hall–Kier alpha value is -1.43. The number of piperidine rings is 1. The second-order valence-corrected chi connectivity index (χ2v) is 6.72. The summed E-state index contributed by atoms with van der Waals surface area (Å²) in [6, 6.07) is 6.24. The summed E-state index contributed by atoms with van der Waals surface area (Å²) in [5.74, 6) is 1.56. The van der Waals surface area contributed by atoms with Gasteiger partial charge in [-0.1, -0.05) is 6.07 Å². The van der Waals surface area contributed by atoms with Crippen LogP contribution in [0, 0.1) is 19.8 Å². The number of aryl methyl sites for hydroxylation is 1. The maximum absolute atomic E-state index is 6.04. The molecule has 132 valence electrons. The minimum Gasteiger partial charge on any atom is -0.328 e. The number of nitrogens with zero attached hydrogens (tertiary/aromatic N) is 4. The van der Waals surface area contributed by atoms with Gasteiger partial charge < -0.3 is 5.73 Å². The summed E-state index contributed by atoms with van der Waals surface area (Å²) in [5.41, 5.74) is 9.66. The van der Waals surface area contributed by atoms with Gasteiger partial charge in [-0.3, -0.25) is 4.90 Å². The van der Waals surface area contributed by atoms with E-state index in [0.717, 1.165) is 31.1 Å². The largest absolute Gasteiger partial charge is 0.328 e. The summed E-state index contributed by atoms with van der Waals surface area (Å²) in [6.07, 6.45) is 4.21. The molecule has 2 aromatic rings. The predicted molar refractivity (Wildman–Crippen MR) is 99.7 cm³/mol. The molecular formula is C18H28ClN5. The maximum atomic E-state index is 6.04. The molecule has 0 aromatic carbocycles. The molecule has 6 heteroatoms. The molecule has 0 bridgehead atoms. The highest BCUT2D eigenvalue weighted by atomic mass is 35.5. The average Bonchev–Trinajstić information content (AvgIpc) is 2.84. The Morgan fingerprint density at radius 3 is 2.54 bits per heavy atom. The third-order valence-corrected chi connectivity index (χ3v) is 5.06. The number of rotatable bonds is 4. The first-order chi connectivity index (χ1) is 11.1. The zero-order valence-electron chi connectivity index (χ0n) is 14.8. The standard InChI is InChI=1S/C18H27N5.ClH/c1-13(19)16-7-10-22(11-8-16)12-17-14(2)21-23(15(17)3)18-6-4-5-9-20-18;/h4-6,9,13,16H,7-8,10-12,19H2,1-3H3;1H. The molecule has 0 amide bonds. The van der Waals surface area contributed by atoms with Gasteiger partial charge in [-0.25, -0.2) is 9.67 Å². The molecule has 1 saturated heterocycles. The number of nitrogens with two attached hydrogens (primary N) is 1. The third kappa shape index (κ3) is 3.97. The van der Waals surface area contributed by atoms with Crippen molar-refractivity contribution in [1.29, 1.82) is 0 Å². The maximum Gasteiger partial charge on any atom is 0.153 e. The molecule has 3 heterocycles. The van der Waals surface area contributed by atoms with E-state index in [-0.39, 0.29) is 12.4 Å². The van der Waals surface area contributed by atoms with Crippen LogP contribution in [0.15, 0.2) is 24.4 Å². The van der Waals surface area contributed by atoms with Crippen molar-refractivity contribution >= 4 is 12.4 Å². The topological polar surface area (TPSA) is 60.0 Å². The second kappa shape index (κ2) is 8.10. The number of hydrogen-bond donors (Lipinski definition) is 1. The zero-order chi connectivity index (χ0) is 16.4. The molecule has 0 spiro atoms. The van der Waals surface area contributed by atoms with Gasteiger partial charge in [0.1, 0.15) is 0 Å². The summed E-state index contributed by atoms with van der Waals surface area (Å²) in [4.78, 5) is 6.94. The minimum atomic E-state index is 0. The molecule has 0 saturated carbocycles. The van der Waals surface area contributed by atoms with Crippen LogP contribution >= 0.6 is 12.4 Å². The van der Waals surface area contributed by atoms with Gasteiger partial charge in [-0.2, -0.15) is 5.10 Å². The fraction of sp³-hybridized carbons (Fsp3) is 0.556. The van der Waals surface area contributed by atoms with Gasteiger partial charge >= 0.3 is 0 Å². The van der Waals surface area contributed by atoms with E-state index in [2.05, 4.69) is 30.7 Å². The molecule has 3 rings (SSSR count). The molecule has 0 radical (unpaired) electrons. The van der Waals surface area contributed by atoms with E-state index in [1.54, 1.807) is 0 Å². The lowest BCUT2D eigenvalue weighted by Gasteiger charge is -2.33. The number of pyridine rings is 1. The van der Waals surface area contributed by atoms with Crippen molar-refractivity contribution in [3.63, 3.8) is 0 Å². The van der Waals surface area contributed by atoms with E-state index in [9.17, 15) is 0 Å². The van der Waals surface area contributed by atoms with Gasteiger partial charge in [0.05, 0.1) is 5.69 Å². The lowest BCUT2D eigenvalue weighted by atomic mass is 9.91. The van der Waals surface area contributed by atoms with E-state index >= 15 is 0 Å². The Morgan fingerprint density at radius 1 is 1.25 bits per heavy atom. The minimum absolute atomic E-state index is 0. The third-order valence-electron chi connectivity index (χ3n) is 5.06. The first-order valence-corrected chi connectivity index (χ1v) is 8.50. The highest BCUT2D eigenvalue weighted by Crippen LogP contribution is 2.24. The van der Waals surface area contributed by atoms with Crippen molar-refractivity contribution in [3.05, 3.63) is 41.3 Å². The molecule has 24 heavy (non-hydrogen) atoms. The summed E-state index contributed by atoms with van der Waals surface area (Å²) < 4.78 is 1.96. The molecule has 1 aliphatic rings. The van der Waals surface area contributed by atoms with Crippen LogP contribution in [0.5, 0.6) is 0 Å². The van der Waals surface area contributed by atoms with Gasteiger partial charge in [0.2, 0.25) is 0 Å². The fourth-order valence-electron chi connectivity index (χ4n) is 3.47. The van der Waals surface area contributed by atoms with Crippen molar-refractivity contribution in [3.8, 4) is 5.82 Å². The molecule has 2 aromatic heterocycles. The summed E-state index contributed by atoms with van der Waals surface area (Å²) in [6.45, 7) is 9.58. The van der Waals surface area contributed by atoms with Crippen LogP contribution < -0.4 is 5.73 Å². The van der Waals surface area contributed by atoms with Gasteiger partial charge in [0.15, 0.2) is 5.82 Å². The Labute approximate surface area is 150 Å². The van der Waals surface area contributed by atoms with Crippen LogP contribution in [0.1, 0.15) is 36.7 Å². The molecule has 1 fully saturated rings. The average molecular weight is 350 g/mol. The molecule has 5 nitrogen and oxygen atoms in total. The predicted octanol–water partition coefficient (Wildman–Crippen LogP) is 2.87. The van der Waals surface area contributed by atoms with Crippen LogP contribution in [0.25, 0.3) is 5.82 Å². The zero-order valence-corrected chi connectivity index (χ0v) is 15.6. The molecular weight excluding hydrogens is 322 g/mol. The van der Waals surface area contributed by atoms with Crippen molar-refractivity contribution in [1.82, 2.24) is 19.7 Å². The van der Waals surface area contributed by atoms with E-state index < -0.39 is 0 Å². The van der Waals surface area contributed by atoms with E-state index in [1.165, 1.54) is 24.1 Å². The quantitative estimate of drug-likeness (QED) is 0.922. The Kier molecular flexibility index (Phi) is 6.38. The number of halogens is 1. The van der Waals surface area contributed by atoms with Crippen LogP contribution in [0.2, 0.25) is 0 Å². The Morgan fingerprint density at radius 2 is 1.96 bits per heavy atom. The molecule has 1 unspecified atom stereocenters. The van der Waals surface area contributed by atoms with Crippen LogP contribution in [-0.4, -0.2) is 38.8 Å². The lowest BCUT2D eigenvalue weighted by molar-refractivity contribution is 0.165. The summed E-state index contributed by atoms with van der Waals surface area (Å²) >= 11 is 0. The molecule has 2 N–H and O–H groups in total. The molecule has 1 atom stereocenters. The van der Waals surface area contributed by atoms with Crippen molar-refractivity contribution in [2.24, 2.45) is 11.7 Å². The van der Waals surface area contributed by atoms with Gasteiger partial charge in [0, 0.05) is 30.0 Å². The van der Waals surface area contributed by atoms with Gasteiger partial charge in [-0.05, 0) is 64.8 Å². The Balaban J connectivity index is 0.00000208. The molecule has 1 aliphatic heterocycles. The van der Waals surface area contributed by atoms with Gasteiger partial charge in [0.25, 0.3) is 0 Å². The second-order valence-electron chi connectivity index (χ2n) is 6.72. The number of aromatic nitrogens is 3. The SMILES string of the molecule is Cc1nn(-c2ccccn2)c(C)c1CN1CCC(C(C)N)CC1.Cl. The van der Waals surface area contributed by atoms with E-state index in [1.807, 2.05) is 29.1 Å². The van der Waals surface area contributed by atoms with E-state index in [0.29, 0.717) is 12.0 Å². The normalized spacial score (nSPS) is 17.5. The number of likely N-dealkylation sites (tertiary alicyclic amines) is 1. The summed E-state index contributed by atoms with van der Waals surface area (Å²) in [5, 5.41) is 4.70. The summed E-state index contributed by atoms with van der Waals surface area (Å²) in [7, 11) is 0. The van der Waals surface area contributed by atoms with Gasteiger partial charge in [-0.15, -0.1) is 12.4 Å². The fourth-order valence-corrected chi connectivity index (χ4v) is 3.47. The monoisotopic (exact) mass is 349 g/mol. The van der Waals surface area contributed by atoms with Crippen LogP contribution in [0.3, 0.4) is 0 Å². The van der Waals surface area contributed by atoms with Crippen LogP contribution in [-0.2, 0) is 6.54 Å². The Bertz CT molecular complexity index is 645. The first kappa shape index (κ1) is 18.9. The first-order valence-electron chi connectivity index (χ1n) is 8.50. The highest BCUT2D eigenvalue weighted by Gasteiger charge is 2.23. The number of hydrogen-bond acceptors (Lipinski definition) is 4. The van der Waals surface area contributed by atoms with Crippen molar-refractivity contribution in [2.75, 3.05) is 13.1 Å². The van der Waals surface area contributed by atoms with Crippen molar-refractivity contribution in [2.45, 2.75) is 46.2 Å². The van der Waals surface area contributed by atoms with E-state index in [4.69, 9.17) is 10.8 Å². The van der Waals surface area contributed by atoms with Crippen molar-refractivity contribution < 1.29 is 0 Å². The lowest BCUT2D eigenvalue weighted by Crippen LogP contribution is -2.39. The van der Waals surface area contributed by atoms with Crippen LogP contribution in [0.4, 0.5) is 0 Å². The highest BCUT2D eigenvalue weighted by molar-refractivity contribution is 5.85. The smallest absolute Gasteiger partial charge is 0.153 e. The molecule has 0 aliphatic carbocycles.